The van der Waals surface area contributed by atoms with E-state index in [-0.39, 0.29) is 36.5 Å². The standard InChI is InChI=1S/C22H21FN4O3/c23-14-5-7-15(8-6-14)25-22(29)27-10-19-21(17-3-1-2-4-18(17)27)20(11-28)26(19)9-16-12-30-13-24-16/h1-8,12-13,19-21,28H,9-11H2,(H,25,29)/t19-,20+,21+/m0/s1. The molecule has 3 heterocycles. The van der Waals surface area contributed by atoms with Crippen molar-refractivity contribution in [2.45, 2.75) is 24.5 Å². The molecule has 8 heteroatoms. The number of amides is 2. The number of nitrogens with one attached hydrogen (secondary N) is 1. The minimum absolute atomic E-state index is 0.0229. The number of aliphatic hydroxyl groups is 1. The molecule has 30 heavy (non-hydrogen) atoms. The average Bonchev–Trinajstić information content (AvgIpc) is 3.27. The lowest BCUT2D eigenvalue weighted by molar-refractivity contribution is -0.0492. The molecule has 2 aromatic carbocycles. The zero-order chi connectivity index (χ0) is 20.7. The molecule has 1 fully saturated rings. The Labute approximate surface area is 172 Å². The fourth-order valence-corrected chi connectivity index (χ4v) is 4.62. The SMILES string of the molecule is O=C(Nc1ccc(F)cc1)N1C[C@H]2[C@@H](c3ccccc31)[C@@H](CO)N2Cc1cocn1. The molecule has 0 bridgehead atoms. The number of hydrogen-bond donors (Lipinski definition) is 2. The molecule has 2 N–H and O–H groups in total. The van der Waals surface area contributed by atoms with Gasteiger partial charge in [-0.15, -0.1) is 0 Å². The Morgan fingerprint density at radius 1 is 1.23 bits per heavy atom. The van der Waals surface area contributed by atoms with Crippen molar-refractivity contribution >= 4 is 17.4 Å². The molecule has 0 unspecified atom stereocenters. The molecule has 3 aromatic rings. The summed E-state index contributed by atoms with van der Waals surface area (Å²) >= 11 is 0. The Bertz CT molecular complexity index is 1040. The van der Waals surface area contributed by atoms with Crippen LogP contribution in [0.5, 0.6) is 0 Å². The Morgan fingerprint density at radius 3 is 2.77 bits per heavy atom. The highest BCUT2D eigenvalue weighted by Crippen LogP contribution is 2.48. The Balaban J connectivity index is 1.43. The summed E-state index contributed by atoms with van der Waals surface area (Å²) in [6.07, 6.45) is 2.98. The molecule has 5 rings (SSSR count). The maximum atomic E-state index is 13.2. The van der Waals surface area contributed by atoms with Crippen molar-refractivity contribution in [2.24, 2.45) is 0 Å². The number of benzene rings is 2. The number of aromatic nitrogens is 1. The Hall–Kier alpha value is -3.23. The third-order valence-electron chi connectivity index (χ3n) is 5.99. The van der Waals surface area contributed by atoms with E-state index < -0.39 is 0 Å². The van der Waals surface area contributed by atoms with Gasteiger partial charge in [0.05, 0.1) is 12.3 Å². The minimum Gasteiger partial charge on any atom is -0.451 e. The number of likely N-dealkylation sites (tertiary alicyclic amines) is 1. The molecule has 2 amide bonds. The summed E-state index contributed by atoms with van der Waals surface area (Å²) in [5.74, 6) is -0.222. The van der Waals surface area contributed by atoms with Gasteiger partial charge < -0.3 is 14.8 Å². The number of hydrogen-bond acceptors (Lipinski definition) is 5. The van der Waals surface area contributed by atoms with Gasteiger partial charge in [0, 0.05) is 42.5 Å². The van der Waals surface area contributed by atoms with Crippen LogP contribution < -0.4 is 10.2 Å². The monoisotopic (exact) mass is 408 g/mol. The maximum absolute atomic E-state index is 13.2. The molecule has 0 saturated carbocycles. The van der Waals surface area contributed by atoms with E-state index in [1.807, 2.05) is 24.3 Å². The van der Waals surface area contributed by atoms with Gasteiger partial charge >= 0.3 is 6.03 Å². The topological polar surface area (TPSA) is 81.8 Å². The predicted molar refractivity (Wildman–Crippen MR) is 109 cm³/mol. The number of rotatable bonds is 4. The second-order valence-electron chi connectivity index (χ2n) is 7.60. The van der Waals surface area contributed by atoms with Gasteiger partial charge in [-0.3, -0.25) is 9.80 Å². The van der Waals surface area contributed by atoms with Crippen molar-refractivity contribution in [3.8, 4) is 0 Å². The Morgan fingerprint density at radius 2 is 2.03 bits per heavy atom. The highest BCUT2D eigenvalue weighted by molar-refractivity contribution is 6.02. The number of carbonyl (C=O) groups excluding carboxylic acids is 1. The molecule has 0 aliphatic carbocycles. The molecule has 1 aromatic heterocycles. The highest BCUT2D eigenvalue weighted by Gasteiger charge is 2.53. The third kappa shape index (κ3) is 3.14. The molecule has 2 aliphatic rings. The van der Waals surface area contributed by atoms with Crippen LogP contribution in [-0.2, 0) is 6.54 Å². The molecule has 0 spiro atoms. The second-order valence-corrected chi connectivity index (χ2v) is 7.60. The first-order valence-electron chi connectivity index (χ1n) is 9.82. The molecular weight excluding hydrogens is 387 g/mol. The van der Waals surface area contributed by atoms with Crippen molar-refractivity contribution < 1.29 is 18.7 Å². The number of nitrogens with zero attached hydrogens (tertiary/aromatic N) is 3. The first-order valence-corrected chi connectivity index (χ1v) is 9.82. The minimum atomic E-state index is -0.354. The van der Waals surface area contributed by atoms with E-state index >= 15 is 0 Å². The summed E-state index contributed by atoms with van der Waals surface area (Å²) in [4.78, 5) is 21.2. The van der Waals surface area contributed by atoms with Gasteiger partial charge in [0.1, 0.15) is 12.1 Å². The van der Waals surface area contributed by atoms with E-state index in [0.717, 1.165) is 16.9 Å². The number of halogens is 1. The van der Waals surface area contributed by atoms with Gasteiger partial charge in [0.25, 0.3) is 0 Å². The van der Waals surface area contributed by atoms with Crippen molar-refractivity contribution in [3.05, 3.63) is 78.3 Å². The van der Waals surface area contributed by atoms with Gasteiger partial charge in [-0.2, -0.15) is 0 Å². The van der Waals surface area contributed by atoms with Crippen LogP contribution in [0.1, 0.15) is 17.2 Å². The smallest absolute Gasteiger partial charge is 0.326 e. The van der Waals surface area contributed by atoms with Gasteiger partial charge in [-0.1, -0.05) is 18.2 Å². The largest absolute Gasteiger partial charge is 0.451 e. The van der Waals surface area contributed by atoms with E-state index in [4.69, 9.17) is 4.42 Å². The van der Waals surface area contributed by atoms with Crippen LogP contribution in [0.2, 0.25) is 0 Å². The molecule has 7 nitrogen and oxygen atoms in total. The van der Waals surface area contributed by atoms with Gasteiger partial charge in [0.15, 0.2) is 6.39 Å². The number of carbonyl (C=O) groups is 1. The van der Waals surface area contributed by atoms with Crippen molar-refractivity contribution in [3.63, 3.8) is 0 Å². The molecule has 2 aliphatic heterocycles. The van der Waals surface area contributed by atoms with Gasteiger partial charge in [-0.05, 0) is 35.9 Å². The molecule has 0 radical (unpaired) electrons. The van der Waals surface area contributed by atoms with Crippen LogP contribution in [0.25, 0.3) is 0 Å². The fraction of sp³-hybridized carbons (Fsp3) is 0.273. The lowest BCUT2D eigenvalue weighted by atomic mass is 9.72. The normalized spacial score (nSPS) is 22.7. The highest BCUT2D eigenvalue weighted by atomic mass is 19.1. The lowest BCUT2D eigenvalue weighted by Gasteiger charge is -2.58. The summed E-state index contributed by atoms with van der Waals surface area (Å²) in [5, 5.41) is 12.9. The molecule has 154 valence electrons. The summed E-state index contributed by atoms with van der Waals surface area (Å²) in [6.45, 7) is 1.04. The number of para-hydroxylation sites is 1. The van der Waals surface area contributed by atoms with E-state index in [9.17, 15) is 14.3 Å². The second kappa shape index (κ2) is 7.55. The number of urea groups is 1. The zero-order valence-electron chi connectivity index (χ0n) is 16.1. The van der Waals surface area contributed by atoms with Crippen LogP contribution in [0, 0.1) is 5.82 Å². The third-order valence-corrected chi connectivity index (χ3v) is 5.99. The summed E-state index contributed by atoms with van der Waals surface area (Å²) < 4.78 is 18.3. The molecule has 1 saturated heterocycles. The summed E-state index contributed by atoms with van der Waals surface area (Å²) in [7, 11) is 0. The predicted octanol–water partition coefficient (Wildman–Crippen LogP) is 3.19. The Kier molecular flexibility index (Phi) is 4.72. The van der Waals surface area contributed by atoms with Crippen molar-refractivity contribution in [1.29, 1.82) is 0 Å². The fourth-order valence-electron chi connectivity index (χ4n) is 4.62. The van der Waals surface area contributed by atoms with Gasteiger partial charge in [-0.25, -0.2) is 14.2 Å². The first kappa shape index (κ1) is 18.8. The van der Waals surface area contributed by atoms with Gasteiger partial charge in [0.2, 0.25) is 0 Å². The maximum Gasteiger partial charge on any atom is 0.326 e. The van der Waals surface area contributed by atoms with E-state index in [0.29, 0.717) is 18.8 Å². The van der Waals surface area contributed by atoms with Crippen LogP contribution >= 0.6 is 0 Å². The van der Waals surface area contributed by atoms with E-state index in [1.54, 1.807) is 11.2 Å². The van der Waals surface area contributed by atoms with E-state index in [2.05, 4.69) is 15.2 Å². The molecular formula is C22H21FN4O3. The van der Waals surface area contributed by atoms with Crippen LogP contribution in [0.4, 0.5) is 20.6 Å². The lowest BCUT2D eigenvalue weighted by Crippen LogP contribution is -2.69. The first-order chi connectivity index (χ1) is 14.7. The summed E-state index contributed by atoms with van der Waals surface area (Å²) in [6, 6.07) is 13.2. The summed E-state index contributed by atoms with van der Waals surface area (Å²) in [5.41, 5.74) is 3.19. The van der Waals surface area contributed by atoms with E-state index in [1.165, 1.54) is 30.7 Å². The van der Waals surface area contributed by atoms with Crippen LogP contribution in [-0.4, -0.2) is 46.3 Å². The number of fused-ring (bicyclic) bond motifs is 3. The average molecular weight is 408 g/mol. The van der Waals surface area contributed by atoms with Crippen LogP contribution in [0.3, 0.4) is 0 Å². The number of anilines is 2. The zero-order valence-corrected chi connectivity index (χ0v) is 16.1. The number of oxazole rings is 1. The van der Waals surface area contributed by atoms with Crippen molar-refractivity contribution in [1.82, 2.24) is 9.88 Å². The number of aliphatic hydroxyl groups excluding tert-OH is 1. The van der Waals surface area contributed by atoms with Crippen LogP contribution in [0.15, 0.2) is 65.6 Å². The molecule has 3 atom stereocenters. The quantitative estimate of drug-likeness (QED) is 0.693. The van der Waals surface area contributed by atoms with Crippen molar-refractivity contribution in [2.75, 3.05) is 23.4 Å².